The lowest BCUT2D eigenvalue weighted by molar-refractivity contribution is 0.102. The van der Waals surface area contributed by atoms with Crippen molar-refractivity contribution in [2.75, 3.05) is 43.6 Å². The van der Waals surface area contributed by atoms with Gasteiger partial charge in [-0.25, -0.2) is 4.39 Å². The third kappa shape index (κ3) is 4.27. The molecule has 1 N–H and O–H groups in total. The Morgan fingerprint density at radius 3 is 2.42 bits per heavy atom. The van der Waals surface area contributed by atoms with Crippen molar-refractivity contribution in [3.05, 3.63) is 71.3 Å². The van der Waals surface area contributed by atoms with Gasteiger partial charge in [0.15, 0.2) is 0 Å². The normalized spacial score (nSPS) is 13.9. The number of rotatable bonds is 5. The minimum absolute atomic E-state index is 0.272. The number of methoxy groups -OCH3 is 1. The fraction of sp³-hybridized carbons (Fsp3) is 0.292. The molecule has 162 valence electrons. The molecule has 6 nitrogen and oxygen atoms in total. The number of amides is 1. The largest absolute Gasteiger partial charge is 0.497 e. The Morgan fingerprint density at radius 2 is 1.77 bits per heavy atom. The van der Waals surface area contributed by atoms with E-state index in [4.69, 9.17) is 9.47 Å². The average Bonchev–Trinajstić information content (AvgIpc) is 3.08. The Hall–Kier alpha value is -3.32. The molecule has 31 heavy (non-hydrogen) atoms. The topological polar surface area (TPSA) is 55.7 Å². The summed E-state index contributed by atoms with van der Waals surface area (Å²) in [4.78, 5) is 14.9. The van der Waals surface area contributed by atoms with E-state index in [0.717, 1.165) is 22.8 Å². The van der Waals surface area contributed by atoms with E-state index < -0.39 is 0 Å². The molecule has 0 atom stereocenters. The van der Waals surface area contributed by atoms with Crippen LogP contribution in [0.4, 0.5) is 15.8 Å². The zero-order chi connectivity index (χ0) is 22.0. The van der Waals surface area contributed by atoms with Crippen LogP contribution in [0.3, 0.4) is 0 Å². The van der Waals surface area contributed by atoms with Crippen molar-refractivity contribution >= 4 is 17.3 Å². The summed E-state index contributed by atoms with van der Waals surface area (Å²) in [5.41, 5.74) is 4.18. The molecule has 1 aromatic heterocycles. The molecular weight excluding hydrogens is 397 g/mol. The van der Waals surface area contributed by atoms with Crippen LogP contribution < -0.4 is 15.0 Å². The van der Waals surface area contributed by atoms with Crippen LogP contribution in [0.25, 0.3) is 5.69 Å². The van der Waals surface area contributed by atoms with Crippen LogP contribution in [0.5, 0.6) is 5.75 Å². The molecule has 1 aliphatic heterocycles. The summed E-state index contributed by atoms with van der Waals surface area (Å²) < 4.78 is 27.2. The minimum Gasteiger partial charge on any atom is -0.497 e. The number of nitrogens with one attached hydrogen (secondary N) is 1. The summed E-state index contributed by atoms with van der Waals surface area (Å²) in [7, 11) is 1.62. The number of nitrogens with zero attached hydrogens (tertiary/aromatic N) is 2. The quantitative estimate of drug-likeness (QED) is 0.664. The van der Waals surface area contributed by atoms with Gasteiger partial charge in [-0.05, 0) is 62.4 Å². The van der Waals surface area contributed by atoms with Crippen LogP contribution in [0.1, 0.15) is 21.7 Å². The molecule has 0 unspecified atom stereocenters. The molecule has 0 spiro atoms. The van der Waals surface area contributed by atoms with Crippen molar-refractivity contribution in [3.63, 3.8) is 0 Å². The average molecular weight is 423 g/mol. The molecular formula is C24H26FN3O3. The summed E-state index contributed by atoms with van der Waals surface area (Å²) in [6, 6.07) is 14.3. The second-order valence-corrected chi connectivity index (χ2v) is 7.54. The van der Waals surface area contributed by atoms with Gasteiger partial charge >= 0.3 is 0 Å². The number of hydrogen-bond donors (Lipinski definition) is 1. The first-order valence-corrected chi connectivity index (χ1v) is 10.2. The number of carbonyl (C=O) groups is 1. The van der Waals surface area contributed by atoms with Crippen LogP contribution >= 0.6 is 0 Å². The molecule has 3 aromatic rings. The maximum absolute atomic E-state index is 14.7. The Kier molecular flexibility index (Phi) is 5.95. The van der Waals surface area contributed by atoms with E-state index in [0.29, 0.717) is 43.2 Å². The highest BCUT2D eigenvalue weighted by atomic mass is 19.1. The number of benzene rings is 2. The number of morpholine rings is 1. The number of aryl methyl sites for hydroxylation is 1. The third-order valence-electron chi connectivity index (χ3n) is 5.56. The minimum atomic E-state index is -0.358. The fourth-order valence-corrected chi connectivity index (χ4v) is 3.97. The highest BCUT2D eigenvalue weighted by molar-refractivity contribution is 6.05. The third-order valence-corrected chi connectivity index (χ3v) is 5.56. The highest BCUT2D eigenvalue weighted by Gasteiger charge is 2.19. The first-order valence-electron chi connectivity index (χ1n) is 10.2. The molecule has 0 aliphatic carbocycles. The Balaban J connectivity index is 1.54. The predicted molar refractivity (Wildman–Crippen MR) is 119 cm³/mol. The molecule has 2 heterocycles. The Labute approximate surface area is 181 Å². The van der Waals surface area contributed by atoms with Crippen LogP contribution in [-0.4, -0.2) is 43.9 Å². The van der Waals surface area contributed by atoms with E-state index in [9.17, 15) is 9.18 Å². The summed E-state index contributed by atoms with van der Waals surface area (Å²) in [5.74, 6) is 0.140. The maximum atomic E-state index is 14.7. The zero-order valence-electron chi connectivity index (χ0n) is 17.9. The van der Waals surface area contributed by atoms with Gasteiger partial charge in [-0.2, -0.15) is 0 Å². The summed E-state index contributed by atoms with van der Waals surface area (Å²) >= 11 is 0. The fourth-order valence-electron chi connectivity index (χ4n) is 3.97. The zero-order valence-corrected chi connectivity index (χ0v) is 17.9. The van der Waals surface area contributed by atoms with Gasteiger partial charge in [-0.1, -0.05) is 0 Å². The van der Waals surface area contributed by atoms with Gasteiger partial charge in [0.25, 0.3) is 5.91 Å². The SMILES string of the molecule is COc1ccc(-n2c(C)cc(C(=O)Nc3ccc(N4CCOCC4)c(F)c3)c2C)cc1. The van der Waals surface area contributed by atoms with Crippen molar-refractivity contribution in [2.24, 2.45) is 0 Å². The lowest BCUT2D eigenvalue weighted by atomic mass is 10.2. The van der Waals surface area contributed by atoms with Gasteiger partial charge in [0.1, 0.15) is 11.6 Å². The van der Waals surface area contributed by atoms with E-state index in [1.54, 1.807) is 19.2 Å². The van der Waals surface area contributed by atoms with Gasteiger partial charge in [0.05, 0.1) is 31.6 Å². The molecule has 4 rings (SSSR count). The van der Waals surface area contributed by atoms with Crippen molar-refractivity contribution in [2.45, 2.75) is 13.8 Å². The predicted octanol–water partition coefficient (Wildman–Crippen LogP) is 4.33. The van der Waals surface area contributed by atoms with Gasteiger partial charge in [0, 0.05) is 35.9 Å². The highest BCUT2D eigenvalue weighted by Crippen LogP contribution is 2.26. The molecule has 1 fully saturated rings. The van der Waals surface area contributed by atoms with Crippen molar-refractivity contribution in [1.82, 2.24) is 4.57 Å². The first kappa shape index (κ1) is 20.9. The van der Waals surface area contributed by atoms with Crippen molar-refractivity contribution < 1.29 is 18.7 Å². The van der Waals surface area contributed by atoms with E-state index in [2.05, 4.69) is 5.32 Å². The molecule has 1 saturated heterocycles. The summed E-state index contributed by atoms with van der Waals surface area (Å²) in [6.07, 6.45) is 0. The van der Waals surface area contributed by atoms with Gasteiger partial charge in [-0.3, -0.25) is 4.79 Å². The van der Waals surface area contributed by atoms with Crippen LogP contribution in [0.15, 0.2) is 48.5 Å². The molecule has 0 radical (unpaired) electrons. The number of aromatic nitrogens is 1. The molecule has 0 bridgehead atoms. The number of hydrogen-bond acceptors (Lipinski definition) is 4. The molecule has 1 aliphatic rings. The monoisotopic (exact) mass is 423 g/mol. The lowest BCUT2D eigenvalue weighted by Gasteiger charge is -2.29. The van der Waals surface area contributed by atoms with Gasteiger partial charge in [-0.15, -0.1) is 0 Å². The summed E-state index contributed by atoms with van der Waals surface area (Å²) in [6.45, 7) is 6.32. The molecule has 2 aromatic carbocycles. The van der Waals surface area contributed by atoms with E-state index in [1.165, 1.54) is 6.07 Å². The van der Waals surface area contributed by atoms with Gasteiger partial charge < -0.3 is 24.3 Å². The second-order valence-electron chi connectivity index (χ2n) is 7.54. The first-order chi connectivity index (χ1) is 15.0. The maximum Gasteiger partial charge on any atom is 0.257 e. The Morgan fingerprint density at radius 1 is 1.06 bits per heavy atom. The van der Waals surface area contributed by atoms with Gasteiger partial charge in [0.2, 0.25) is 0 Å². The number of carbonyl (C=O) groups excluding carboxylic acids is 1. The van der Waals surface area contributed by atoms with E-state index >= 15 is 0 Å². The number of anilines is 2. The van der Waals surface area contributed by atoms with Crippen LogP contribution in [0.2, 0.25) is 0 Å². The smallest absolute Gasteiger partial charge is 0.257 e. The summed E-state index contributed by atoms with van der Waals surface area (Å²) in [5, 5.41) is 2.82. The lowest BCUT2D eigenvalue weighted by Crippen LogP contribution is -2.36. The number of ether oxygens (including phenoxy) is 2. The van der Waals surface area contributed by atoms with Crippen LogP contribution in [-0.2, 0) is 4.74 Å². The molecule has 1 amide bonds. The Bertz CT molecular complexity index is 1090. The number of halogens is 1. The van der Waals surface area contributed by atoms with Crippen molar-refractivity contribution in [1.29, 1.82) is 0 Å². The van der Waals surface area contributed by atoms with Crippen LogP contribution in [0, 0.1) is 19.7 Å². The van der Waals surface area contributed by atoms with E-state index in [-0.39, 0.29) is 11.7 Å². The molecule has 0 saturated carbocycles. The molecule has 7 heteroatoms. The second kappa shape index (κ2) is 8.81. The van der Waals surface area contributed by atoms with Crippen molar-refractivity contribution in [3.8, 4) is 11.4 Å². The standard InChI is InChI=1S/C24H26FN3O3/c1-16-14-21(17(2)28(16)19-5-7-20(30-3)8-6-19)24(29)26-18-4-9-23(22(25)15-18)27-10-12-31-13-11-27/h4-9,14-15H,10-13H2,1-3H3,(H,26,29). The van der Waals surface area contributed by atoms with E-state index in [1.807, 2.05) is 53.6 Å².